The Morgan fingerprint density at radius 2 is 1.79 bits per heavy atom. The molecule has 1 aromatic heterocycles. The van der Waals surface area contributed by atoms with E-state index in [1.165, 1.54) is 6.26 Å². The predicted octanol–water partition coefficient (Wildman–Crippen LogP) is 4.09. The third-order valence-corrected chi connectivity index (χ3v) is 6.71. The van der Waals surface area contributed by atoms with E-state index < -0.39 is 6.04 Å². The summed E-state index contributed by atoms with van der Waals surface area (Å²) >= 11 is 0. The Labute approximate surface area is 202 Å². The molecule has 0 aliphatic carbocycles. The molecule has 184 valence electrons. The van der Waals surface area contributed by atoms with Crippen LogP contribution in [0.1, 0.15) is 74.4 Å². The second-order valence-electron chi connectivity index (χ2n) is 10.3. The Kier molecular flexibility index (Phi) is 7.85. The highest BCUT2D eigenvalue weighted by molar-refractivity contribution is 5.98. The van der Waals surface area contributed by atoms with Gasteiger partial charge in [-0.1, -0.05) is 53.2 Å². The van der Waals surface area contributed by atoms with Gasteiger partial charge in [0.05, 0.1) is 6.26 Å². The van der Waals surface area contributed by atoms with Crippen LogP contribution in [0.2, 0.25) is 0 Å². The summed E-state index contributed by atoms with van der Waals surface area (Å²) in [7, 11) is 0. The van der Waals surface area contributed by atoms with Crippen LogP contribution in [0.5, 0.6) is 0 Å². The molecule has 0 radical (unpaired) electrons. The Morgan fingerprint density at radius 3 is 2.32 bits per heavy atom. The Balaban J connectivity index is 1.68. The molecule has 0 spiro atoms. The van der Waals surface area contributed by atoms with E-state index in [1.54, 1.807) is 21.9 Å². The molecule has 0 saturated carbocycles. The van der Waals surface area contributed by atoms with Crippen LogP contribution in [0.25, 0.3) is 0 Å². The third-order valence-electron chi connectivity index (χ3n) is 6.71. The van der Waals surface area contributed by atoms with E-state index in [9.17, 15) is 14.4 Å². The molecule has 2 aromatic rings. The van der Waals surface area contributed by atoms with E-state index in [4.69, 9.17) is 4.42 Å². The van der Waals surface area contributed by atoms with Crippen molar-refractivity contribution in [2.75, 3.05) is 19.6 Å². The van der Waals surface area contributed by atoms with Crippen molar-refractivity contribution in [3.05, 3.63) is 59.5 Å². The zero-order chi connectivity index (χ0) is 25.0. The minimum absolute atomic E-state index is 0.00138. The van der Waals surface area contributed by atoms with Crippen molar-refractivity contribution >= 4 is 17.7 Å². The number of rotatable bonds is 6. The van der Waals surface area contributed by atoms with Gasteiger partial charge in [0, 0.05) is 31.2 Å². The number of nitrogens with one attached hydrogen (secondary N) is 1. The molecule has 1 aliphatic heterocycles. The van der Waals surface area contributed by atoms with Gasteiger partial charge in [-0.15, -0.1) is 0 Å². The summed E-state index contributed by atoms with van der Waals surface area (Å²) in [5.41, 5.74) is 1.69. The number of carbonyl (C=O) groups is 3. The zero-order valence-corrected chi connectivity index (χ0v) is 21.1. The van der Waals surface area contributed by atoms with E-state index in [0.717, 1.165) is 12.0 Å². The predicted molar refractivity (Wildman–Crippen MR) is 132 cm³/mol. The lowest BCUT2D eigenvalue weighted by Gasteiger charge is -2.41. The lowest BCUT2D eigenvalue weighted by atomic mass is 9.86. The van der Waals surface area contributed by atoms with Crippen LogP contribution in [0.3, 0.4) is 0 Å². The standard InChI is InChI=1S/C27H37N3O4/c1-7-18(2)23(28-24(31)20-10-12-21(13-11-20)27(4,5)6)26(33)29-14-15-30(19(3)17-29)25(32)22-9-8-16-34-22/h8-13,16,18-19,23H,7,14-15,17H2,1-6H3,(H,28,31). The molecule has 1 fully saturated rings. The van der Waals surface area contributed by atoms with Crippen LogP contribution in [-0.4, -0.2) is 59.2 Å². The van der Waals surface area contributed by atoms with Crippen LogP contribution >= 0.6 is 0 Å². The normalized spacial score (nSPS) is 18.4. The first kappa shape index (κ1) is 25.5. The lowest BCUT2D eigenvalue weighted by molar-refractivity contribution is -0.137. The molecule has 1 aromatic carbocycles. The molecule has 1 saturated heterocycles. The molecule has 1 aliphatic rings. The van der Waals surface area contributed by atoms with Gasteiger partial charge in [-0.05, 0) is 48.1 Å². The van der Waals surface area contributed by atoms with Gasteiger partial charge in [-0.2, -0.15) is 0 Å². The number of amides is 3. The van der Waals surface area contributed by atoms with Crippen LogP contribution in [0.4, 0.5) is 0 Å². The first-order chi connectivity index (χ1) is 16.0. The first-order valence-electron chi connectivity index (χ1n) is 12.1. The second kappa shape index (κ2) is 10.5. The maximum Gasteiger partial charge on any atom is 0.289 e. The highest BCUT2D eigenvalue weighted by Crippen LogP contribution is 2.23. The van der Waals surface area contributed by atoms with Crippen molar-refractivity contribution in [3.63, 3.8) is 0 Å². The topological polar surface area (TPSA) is 82.9 Å². The fraction of sp³-hybridized carbons (Fsp3) is 0.519. The van der Waals surface area contributed by atoms with Gasteiger partial charge >= 0.3 is 0 Å². The van der Waals surface area contributed by atoms with E-state index in [2.05, 4.69) is 26.1 Å². The minimum Gasteiger partial charge on any atom is -0.459 e. The van der Waals surface area contributed by atoms with Crippen molar-refractivity contribution in [3.8, 4) is 0 Å². The largest absolute Gasteiger partial charge is 0.459 e. The van der Waals surface area contributed by atoms with Crippen LogP contribution in [-0.2, 0) is 10.2 Å². The molecule has 2 heterocycles. The monoisotopic (exact) mass is 467 g/mol. The van der Waals surface area contributed by atoms with Gasteiger partial charge < -0.3 is 19.5 Å². The zero-order valence-electron chi connectivity index (χ0n) is 21.1. The highest BCUT2D eigenvalue weighted by atomic mass is 16.3. The fourth-order valence-electron chi connectivity index (χ4n) is 4.23. The van der Waals surface area contributed by atoms with Crippen molar-refractivity contribution in [1.82, 2.24) is 15.1 Å². The van der Waals surface area contributed by atoms with Crippen molar-refractivity contribution in [2.24, 2.45) is 5.92 Å². The van der Waals surface area contributed by atoms with E-state index >= 15 is 0 Å². The number of carbonyl (C=O) groups excluding carboxylic acids is 3. The summed E-state index contributed by atoms with van der Waals surface area (Å²) in [5.74, 6) is -0.253. The summed E-state index contributed by atoms with van der Waals surface area (Å²) in [6, 6.07) is 10.1. The Bertz CT molecular complexity index is 992. The van der Waals surface area contributed by atoms with E-state index in [-0.39, 0.29) is 35.1 Å². The highest BCUT2D eigenvalue weighted by Gasteiger charge is 2.36. The number of hydrogen-bond acceptors (Lipinski definition) is 4. The maximum absolute atomic E-state index is 13.5. The molecule has 7 nitrogen and oxygen atoms in total. The first-order valence-corrected chi connectivity index (χ1v) is 12.1. The number of benzene rings is 1. The lowest BCUT2D eigenvalue weighted by Crippen LogP contribution is -2.60. The van der Waals surface area contributed by atoms with Gasteiger partial charge in [0.2, 0.25) is 5.91 Å². The van der Waals surface area contributed by atoms with Crippen molar-refractivity contribution in [1.29, 1.82) is 0 Å². The summed E-state index contributed by atoms with van der Waals surface area (Å²) in [5, 5.41) is 2.98. The molecule has 3 amide bonds. The average molecular weight is 468 g/mol. The summed E-state index contributed by atoms with van der Waals surface area (Å²) in [6.45, 7) is 13.5. The molecule has 1 N–H and O–H groups in total. The van der Waals surface area contributed by atoms with Crippen molar-refractivity contribution < 1.29 is 18.8 Å². The second-order valence-corrected chi connectivity index (χ2v) is 10.3. The van der Waals surface area contributed by atoms with E-state index in [0.29, 0.717) is 31.0 Å². The number of hydrogen-bond donors (Lipinski definition) is 1. The van der Waals surface area contributed by atoms with Crippen LogP contribution < -0.4 is 5.32 Å². The van der Waals surface area contributed by atoms with E-state index in [1.807, 2.05) is 45.0 Å². The number of furan rings is 1. The van der Waals surface area contributed by atoms with Crippen LogP contribution in [0, 0.1) is 5.92 Å². The Morgan fingerprint density at radius 1 is 1.12 bits per heavy atom. The molecular weight excluding hydrogens is 430 g/mol. The minimum atomic E-state index is -0.626. The molecular formula is C27H37N3O4. The van der Waals surface area contributed by atoms with Gasteiger partial charge in [-0.3, -0.25) is 14.4 Å². The van der Waals surface area contributed by atoms with Gasteiger partial charge in [0.1, 0.15) is 6.04 Å². The van der Waals surface area contributed by atoms with Crippen LogP contribution in [0.15, 0.2) is 47.1 Å². The third kappa shape index (κ3) is 5.69. The molecule has 3 unspecified atom stereocenters. The SMILES string of the molecule is CCC(C)C(NC(=O)c1ccc(C(C)(C)C)cc1)C(=O)N1CCN(C(=O)c2ccco2)C(C)C1. The molecule has 0 bridgehead atoms. The Hall–Kier alpha value is -3.09. The molecule has 7 heteroatoms. The summed E-state index contributed by atoms with van der Waals surface area (Å²) in [4.78, 5) is 42.7. The number of piperazine rings is 1. The average Bonchev–Trinajstić information content (AvgIpc) is 3.35. The molecule has 3 rings (SSSR count). The van der Waals surface area contributed by atoms with Gasteiger partial charge in [0.25, 0.3) is 11.8 Å². The summed E-state index contributed by atoms with van der Waals surface area (Å²) in [6.07, 6.45) is 2.24. The quantitative estimate of drug-likeness (QED) is 0.694. The number of nitrogens with zero attached hydrogens (tertiary/aromatic N) is 2. The smallest absolute Gasteiger partial charge is 0.289 e. The van der Waals surface area contributed by atoms with Gasteiger partial charge in [-0.25, -0.2) is 0 Å². The van der Waals surface area contributed by atoms with Gasteiger partial charge in [0.15, 0.2) is 5.76 Å². The molecule has 3 atom stereocenters. The molecule has 34 heavy (non-hydrogen) atoms. The maximum atomic E-state index is 13.5. The fourth-order valence-corrected chi connectivity index (χ4v) is 4.23. The summed E-state index contributed by atoms with van der Waals surface area (Å²) < 4.78 is 5.25. The van der Waals surface area contributed by atoms with Crippen molar-refractivity contribution in [2.45, 2.75) is 65.5 Å².